The smallest absolute Gasteiger partial charge is 0.224 e. The predicted octanol–water partition coefficient (Wildman–Crippen LogP) is 3.93. The van der Waals surface area contributed by atoms with E-state index in [1.807, 2.05) is 36.4 Å². The first-order chi connectivity index (χ1) is 14.1. The highest BCUT2D eigenvalue weighted by Gasteiger charge is 2.25. The molecule has 0 bridgehead atoms. The van der Waals surface area contributed by atoms with Crippen LogP contribution in [0.5, 0.6) is 5.75 Å². The van der Waals surface area contributed by atoms with Gasteiger partial charge in [0.05, 0.1) is 17.0 Å². The average molecular weight is 410 g/mol. The Bertz CT molecular complexity index is 1240. The Labute approximate surface area is 169 Å². The van der Waals surface area contributed by atoms with Crippen LogP contribution in [0.4, 0.5) is 0 Å². The number of nitrogens with one attached hydrogen (secondary N) is 2. The summed E-state index contributed by atoms with van der Waals surface area (Å²) >= 11 is 0. The van der Waals surface area contributed by atoms with E-state index in [0.717, 1.165) is 24.9 Å². The van der Waals surface area contributed by atoms with Crippen molar-refractivity contribution in [3.63, 3.8) is 0 Å². The molecule has 7 heteroatoms. The molecule has 0 aliphatic carbocycles. The summed E-state index contributed by atoms with van der Waals surface area (Å²) in [6.07, 6.45) is 0.873. The van der Waals surface area contributed by atoms with Crippen molar-refractivity contribution in [2.75, 3.05) is 19.7 Å². The lowest BCUT2D eigenvalue weighted by Crippen LogP contribution is -2.16. The van der Waals surface area contributed by atoms with E-state index >= 15 is 0 Å². The number of ether oxygens (including phenoxy) is 1. The molecule has 0 aliphatic heterocycles. The summed E-state index contributed by atoms with van der Waals surface area (Å²) in [5.74, 6) is 0.629. The van der Waals surface area contributed by atoms with Crippen LogP contribution in [0.15, 0.2) is 70.6 Å². The third-order valence-corrected chi connectivity index (χ3v) is 6.60. The Morgan fingerprint density at radius 2 is 1.86 bits per heavy atom. The zero-order chi connectivity index (χ0) is 20.3. The van der Waals surface area contributed by atoms with E-state index in [4.69, 9.17) is 4.74 Å². The largest absolute Gasteiger partial charge is 0.494 e. The molecule has 0 saturated heterocycles. The molecular formula is C22H23N3O3S. The minimum Gasteiger partial charge on any atom is -0.494 e. The first-order valence-corrected chi connectivity index (χ1v) is 11.1. The summed E-state index contributed by atoms with van der Waals surface area (Å²) in [6, 6.07) is 18.1. The van der Waals surface area contributed by atoms with Crippen LogP contribution in [0.2, 0.25) is 0 Å². The highest BCUT2D eigenvalue weighted by Crippen LogP contribution is 2.32. The van der Waals surface area contributed by atoms with Gasteiger partial charge in [0.2, 0.25) is 9.84 Å². The van der Waals surface area contributed by atoms with Gasteiger partial charge in [-0.05, 0) is 49.2 Å². The molecule has 29 heavy (non-hydrogen) atoms. The van der Waals surface area contributed by atoms with Crippen LogP contribution in [0.25, 0.3) is 21.7 Å². The van der Waals surface area contributed by atoms with Crippen molar-refractivity contribution in [2.45, 2.75) is 23.3 Å². The first-order valence-electron chi connectivity index (χ1n) is 9.66. The topological polar surface area (TPSA) is 84.1 Å². The lowest BCUT2D eigenvalue weighted by Gasteiger charge is -2.08. The van der Waals surface area contributed by atoms with Gasteiger partial charge in [-0.25, -0.2) is 8.42 Å². The SMILES string of the molecule is CCNCCCOc1ccc2n[nH]c(S(=O)(=O)c3cccc4ccccc34)c2c1. The van der Waals surface area contributed by atoms with Crippen LogP contribution in [0.1, 0.15) is 13.3 Å². The second-order valence-corrected chi connectivity index (χ2v) is 8.62. The Balaban J connectivity index is 1.70. The molecule has 4 rings (SSSR count). The lowest BCUT2D eigenvalue weighted by atomic mass is 10.1. The minimum atomic E-state index is -3.78. The minimum absolute atomic E-state index is 0.0851. The van der Waals surface area contributed by atoms with E-state index in [2.05, 4.69) is 22.4 Å². The van der Waals surface area contributed by atoms with Crippen LogP contribution in [0.3, 0.4) is 0 Å². The molecule has 3 aromatic carbocycles. The van der Waals surface area contributed by atoms with Crippen molar-refractivity contribution < 1.29 is 13.2 Å². The fraction of sp³-hybridized carbons (Fsp3) is 0.227. The second-order valence-electron chi connectivity index (χ2n) is 6.77. The van der Waals surface area contributed by atoms with Crippen molar-refractivity contribution in [1.29, 1.82) is 0 Å². The standard InChI is InChI=1S/C22H23N3O3S/c1-2-23-13-6-14-28-17-11-12-20-19(15-17)22(25-24-20)29(26,27)21-10-5-8-16-7-3-4-9-18(16)21/h3-5,7-12,15,23H,2,6,13-14H2,1H3,(H,24,25). The van der Waals surface area contributed by atoms with Crippen LogP contribution in [-0.2, 0) is 9.84 Å². The number of hydrogen-bond acceptors (Lipinski definition) is 5. The highest BCUT2D eigenvalue weighted by atomic mass is 32.2. The van der Waals surface area contributed by atoms with Crippen molar-refractivity contribution in [3.05, 3.63) is 60.7 Å². The zero-order valence-electron chi connectivity index (χ0n) is 16.2. The number of H-pyrrole nitrogens is 1. The molecule has 0 saturated carbocycles. The molecule has 6 nitrogen and oxygen atoms in total. The van der Waals surface area contributed by atoms with E-state index in [-0.39, 0.29) is 9.92 Å². The van der Waals surface area contributed by atoms with Crippen LogP contribution >= 0.6 is 0 Å². The van der Waals surface area contributed by atoms with Gasteiger partial charge in [0.15, 0.2) is 5.03 Å². The molecule has 4 aromatic rings. The van der Waals surface area contributed by atoms with E-state index in [0.29, 0.717) is 28.6 Å². The molecule has 1 aromatic heterocycles. The van der Waals surface area contributed by atoms with E-state index in [9.17, 15) is 8.42 Å². The quantitative estimate of drug-likeness (QED) is 0.431. The normalized spacial score (nSPS) is 11.9. The molecule has 150 valence electrons. The molecule has 1 heterocycles. The summed E-state index contributed by atoms with van der Waals surface area (Å²) < 4.78 is 32.7. The van der Waals surface area contributed by atoms with Crippen molar-refractivity contribution in [2.24, 2.45) is 0 Å². The molecule has 0 fully saturated rings. The predicted molar refractivity (Wildman–Crippen MR) is 114 cm³/mol. The third-order valence-electron chi connectivity index (χ3n) is 4.82. The molecule has 0 amide bonds. The van der Waals surface area contributed by atoms with Crippen molar-refractivity contribution in [3.8, 4) is 5.75 Å². The number of aromatic amines is 1. The number of benzene rings is 3. The summed E-state index contributed by atoms with van der Waals surface area (Å²) in [5, 5.41) is 12.3. The van der Waals surface area contributed by atoms with Gasteiger partial charge < -0.3 is 10.1 Å². The Kier molecular flexibility index (Phi) is 5.51. The van der Waals surface area contributed by atoms with Crippen LogP contribution in [-0.4, -0.2) is 38.3 Å². The van der Waals surface area contributed by atoms with Gasteiger partial charge in [0.25, 0.3) is 0 Å². The van der Waals surface area contributed by atoms with Gasteiger partial charge in [0.1, 0.15) is 5.75 Å². The van der Waals surface area contributed by atoms with E-state index < -0.39 is 9.84 Å². The monoisotopic (exact) mass is 409 g/mol. The fourth-order valence-electron chi connectivity index (χ4n) is 3.36. The third kappa shape index (κ3) is 3.83. The molecule has 0 spiro atoms. The van der Waals surface area contributed by atoms with Gasteiger partial charge in [-0.2, -0.15) is 5.10 Å². The maximum atomic E-state index is 13.4. The van der Waals surface area contributed by atoms with Gasteiger partial charge in [0, 0.05) is 10.8 Å². The number of fused-ring (bicyclic) bond motifs is 2. The molecular weight excluding hydrogens is 386 g/mol. The van der Waals surface area contributed by atoms with E-state index in [1.54, 1.807) is 24.3 Å². The summed E-state index contributed by atoms with van der Waals surface area (Å²) in [7, 11) is -3.78. The lowest BCUT2D eigenvalue weighted by molar-refractivity contribution is 0.309. The van der Waals surface area contributed by atoms with Crippen molar-refractivity contribution in [1.82, 2.24) is 15.5 Å². The van der Waals surface area contributed by atoms with Gasteiger partial charge in [-0.1, -0.05) is 43.3 Å². The maximum Gasteiger partial charge on any atom is 0.224 e. The van der Waals surface area contributed by atoms with Gasteiger partial charge >= 0.3 is 0 Å². The fourth-order valence-corrected chi connectivity index (χ4v) is 4.94. The van der Waals surface area contributed by atoms with Gasteiger partial charge in [-0.3, -0.25) is 5.10 Å². The Morgan fingerprint density at radius 1 is 1.03 bits per heavy atom. The summed E-state index contributed by atoms with van der Waals surface area (Å²) in [5.41, 5.74) is 0.587. The molecule has 0 radical (unpaired) electrons. The molecule has 0 unspecified atom stereocenters. The van der Waals surface area contributed by atoms with Crippen LogP contribution in [0, 0.1) is 0 Å². The molecule has 0 atom stereocenters. The average Bonchev–Trinajstić information content (AvgIpc) is 3.17. The zero-order valence-corrected chi connectivity index (χ0v) is 17.0. The Hall–Kier alpha value is -2.90. The number of nitrogens with zero attached hydrogens (tertiary/aromatic N) is 1. The van der Waals surface area contributed by atoms with Crippen molar-refractivity contribution >= 4 is 31.5 Å². The first kappa shape index (κ1) is 19.4. The van der Waals surface area contributed by atoms with E-state index in [1.165, 1.54) is 0 Å². The second kappa shape index (κ2) is 8.23. The number of rotatable bonds is 8. The number of sulfone groups is 1. The van der Waals surface area contributed by atoms with Gasteiger partial charge in [-0.15, -0.1) is 0 Å². The maximum absolute atomic E-state index is 13.4. The summed E-state index contributed by atoms with van der Waals surface area (Å²) in [4.78, 5) is 0.262. The Morgan fingerprint density at radius 3 is 2.72 bits per heavy atom. The summed E-state index contributed by atoms with van der Waals surface area (Å²) in [6.45, 7) is 4.43. The highest BCUT2D eigenvalue weighted by molar-refractivity contribution is 7.91. The molecule has 2 N–H and O–H groups in total. The molecule has 0 aliphatic rings. The number of hydrogen-bond donors (Lipinski definition) is 2. The number of aromatic nitrogens is 2. The van der Waals surface area contributed by atoms with Crippen LogP contribution < -0.4 is 10.1 Å².